The van der Waals surface area contributed by atoms with E-state index in [0.717, 1.165) is 123 Å². The summed E-state index contributed by atoms with van der Waals surface area (Å²) in [6, 6.07) is 0.393. The lowest BCUT2D eigenvalue weighted by Gasteiger charge is -2.30. The third-order valence-electron chi connectivity index (χ3n) is 12.0. The van der Waals surface area contributed by atoms with E-state index < -0.39 is 5.60 Å². The molecule has 2 fully saturated rings. The van der Waals surface area contributed by atoms with Crippen LogP contribution in [0.25, 0.3) is 20.4 Å². The Morgan fingerprint density at radius 2 is 1.15 bits per heavy atom. The van der Waals surface area contributed by atoms with Crippen molar-refractivity contribution in [3.63, 3.8) is 0 Å². The number of ether oxygens (including phenoxy) is 3. The Morgan fingerprint density at radius 3 is 1.59 bits per heavy atom. The van der Waals surface area contributed by atoms with Crippen LogP contribution in [-0.2, 0) is 27.2 Å². The Labute approximate surface area is 354 Å². The SMILES string of the molecule is CC(C)(C)OC(=O)NC1CCC(Oc2ncnc3sc4c(c23)[C@H](CCC(N)=O)CCC4)CC1.NC(=O)CC[C@@H]1CCCc2sc3ncnc(OC4CCC(N)CC4)c3c21. The van der Waals surface area contributed by atoms with Gasteiger partial charge >= 0.3 is 6.09 Å². The number of fused-ring (bicyclic) bond motifs is 6. The van der Waals surface area contributed by atoms with Gasteiger partial charge in [0.15, 0.2) is 0 Å². The first kappa shape index (κ1) is 43.0. The number of rotatable bonds is 11. The molecular weight excluding hydrogens is 789 g/mol. The van der Waals surface area contributed by atoms with Crippen molar-refractivity contribution in [2.75, 3.05) is 0 Å². The lowest BCUT2D eigenvalue weighted by Crippen LogP contribution is -2.42. The van der Waals surface area contributed by atoms with E-state index in [1.165, 1.54) is 20.9 Å². The number of nitrogens with zero attached hydrogens (tertiary/aromatic N) is 4. The lowest BCUT2D eigenvalue weighted by atomic mass is 9.83. The maximum atomic E-state index is 12.1. The van der Waals surface area contributed by atoms with E-state index in [-0.39, 0.29) is 42.1 Å². The van der Waals surface area contributed by atoms with Crippen LogP contribution in [0.1, 0.15) is 156 Å². The Kier molecular flexibility index (Phi) is 13.9. The maximum Gasteiger partial charge on any atom is 0.407 e. The molecule has 0 saturated heterocycles. The highest BCUT2D eigenvalue weighted by atomic mass is 32.1. The molecule has 3 amide bonds. The lowest BCUT2D eigenvalue weighted by molar-refractivity contribution is -0.119. The fourth-order valence-electron chi connectivity index (χ4n) is 9.20. The van der Waals surface area contributed by atoms with Crippen molar-refractivity contribution in [1.82, 2.24) is 25.3 Å². The molecule has 7 N–H and O–H groups in total. The first-order valence-electron chi connectivity index (χ1n) is 21.5. The van der Waals surface area contributed by atoms with Gasteiger partial charge in [0.25, 0.3) is 0 Å². The molecule has 2 saturated carbocycles. The van der Waals surface area contributed by atoms with Crippen LogP contribution in [-0.4, -0.2) is 67.7 Å². The number of hydrogen-bond donors (Lipinski definition) is 4. The summed E-state index contributed by atoms with van der Waals surface area (Å²) < 4.78 is 18.1. The molecular formula is C43H60N8O6S2. The zero-order chi connectivity index (χ0) is 41.7. The molecule has 2 atom stereocenters. The van der Waals surface area contributed by atoms with Gasteiger partial charge in [0, 0.05) is 34.7 Å². The highest BCUT2D eigenvalue weighted by Crippen LogP contribution is 2.48. The standard InChI is InChI=1S/C24H34N4O4S.C19H26N4O2S/c1-24(2,3)32-23(30)28-15-8-10-16(11-9-15)31-21-20-19-14(7-12-18(25)29)5-4-6-17(19)33-22(20)27-13-26-21;20-12-5-7-13(8-6-12)25-18-17-16-11(4-9-15(21)24)2-1-3-14(16)26-19(17)23-10-22-18/h13-16H,4-12H2,1-3H3,(H2,25,29)(H,28,30);10-13H,1-9,20H2,(H2,21,24)/t14-,15?,16?;11-,12?,13?/m00/s1. The Bertz CT molecular complexity index is 2100. The molecule has 16 heteroatoms. The van der Waals surface area contributed by atoms with Crippen LogP contribution in [0.15, 0.2) is 12.7 Å². The molecule has 4 aromatic heterocycles. The number of alkyl carbamates (subject to hydrolysis) is 1. The van der Waals surface area contributed by atoms with Gasteiger partial charge in [-0.05, 0) is 146 Å². The van der Waals surface area contributed by atoms with Crippen LogP contribution < -0.4 is 32.0 Å². The summed E-state index contributed by atoms with van der Waals surface area (Å²) in [7, 11) is 0. The van der Waals surface area contributed by atoms with Gasteiger partial charge in [0.2, 0.25) is 23.6 Å². The van der Waals surface area contributed by atoms with Gasteiger partial charge in [-0.15, -0.1) is 22.7 Å². The first-order chi connectivity index (χ1) is 28.3. The van der Waals surface area contributed by atoms with Gasteiger partial charge in [-0.2, -0.15) is 0 Å². The minimum absolute atomic E-state index is 0.0444. The molecule has 0 radical (unpaired) electrons. The predicted octanol–water partition coefficient (Wildman–Crippen LogP) is 7.62. The van der Waals surface area contributed by atoms with Crippen molar-refractivity contribution in [2.45, 2.75) is 178 Å². The van der Waals surface area contributed by atoms with Crippen LogP contribution in [0.5, 0.6) is 11.8 Å². The Balaban J connectivity index is 0.000000184. The Morgan fingerprint density at radius 1 is 0.695 bits per heavy atom. The van der Waals surface area contributed by atoms with E-state index in [9.17, 15) is 14.4 Å². The first-order valence-corrected chi connectivity index (χ1v) is 23.1. The summed E-state index contributed by atoms with van der Waals surface area (Å²) in [5, 5.41) is 5.06. The number of nitrogens with two attached hydrogens (primary N) is 3. The van der Waals surface area contributed by atoms with Crippen LogP contribution in [0, 0.1) is 0 Å². The molecule has 0 bridgehead atoms. The number of nitrogens with one attached hydrogen (secondary N) is 1. The van der Waals surface area contributed by atoms with Crippen molar-refractivity contribution in [3.05, 3.63) is 33.5 Å². The highest BCUT2D eigenvalue weighted by Gasteiger charge is 2.32. The number of carbonyl (C=O) groups is 3. The fourth-order valence-corrected chi connectivity index (χ4v) is 11.7. The minimum atomic E-state index is -0.502. The van der Waals surface area contributed by atoms with E-state index in [4.69, 9.17) is 31.4 Å². The summed E-state index contributed by atoms with van der Waals surface area (Å²) in [6.45, 7) is 5.59. The van der Waals surface area contributed by atoms with Crippen molar-refractivity contribution in [2.24, 2.45) is 17.2 Å². The minimum Gasteiger partial charge on any atom is -0.474 e. The summed E-state index contributed by atoms with van der Waals surface area (Å²) >= 11 is 3.46. The molecule has 4 aliphatic rings. The number of aromatic nitrogens is 4. The van der Waals surface area contributed by atoms with E-state index in [1.54, 1.807) is 35.3 Å². The second kappa shape index (κ2) is 19.1. The monoisotopic (exact) mass is 848 g/mol. The normalized spacial score (nSPS) is 24.3. The van der Waals surface area contributed by atoms with Gasteiger partial charge in [-0.1, -0.05) is 0 Å². The van der Waals surface area contributed by atoms with E-state index >= 15 is 0 Å². The average molecular weight is 849 g/mol. The van der Waals surface area contributed by atoms with E-state index in [2.05, 4.69) is 25.3 Å². The summed E-state index contributed by atoms with van der Waals surface area (Å²) in [5.41, 5.74) is 18.9. The summed E-state index contributed by atoms with van der Waals surface area (Å²) in [6.07, 6.45) is 19.2. The molecule has 0 aromatic carbocycles. The van der Waals surface area contributed by atoms with E-state index in [0.29, 0.717) is 36.6 Å². The second-order valence-corrected chi connectivity index (χ2v) is 19.8. The van der Waals surface area contributed by atoms with Crippen LogP contribution in [0.3, 0.4) is 0 Å². The third kappa shape index (κ3) is 11.0. The van der Waals surface area contributed by atoms with Gasteiger partial charge in [0.05, 0.1) is 10.8 Å². The van der Waals surface area contributed by atoms with Gasteiger partial charge in [-0.3, -0.25) is 9.59 Å². The van der Waals surface area contributed by atoms with Crippen molar-refractivity contribution >= 4 is 61.0 Å². The maximum absolute atomic E-state index is 12.1. The largest absolute Gasteiger partial charge is 0.474 e. The third-order valence-corrected chi connectivity index (χ3v) is 14.4. The number of primary amides is 2. The smallest absolute Gasteiger partial charge is 0.407 e. The molecule has 0 spiro atoms. The molecule has 4 heterocycles. The predicted molar refractivity (Wildman–Crippen MR) is 230 cm³/mol. The molecule has 8 rings (SSSR count). The number of aryl methyl sites for hydroxylation is 2. The molecule has 0 unspecified atom stereocenters. The fraction of sp³-hybridized carbons (Fsp3) is 0.651. The molecule has 14 nitrogen and oxygen atoms in total. The second-order valence-electron chi connectivity index (χ2n) is 17.7. The molecule has 4 aromatic rings. The van der Waals surface area contributed by atoms with Crippen molar-refractivity contribution in [1.29, 1.82) is 0 Å². The molecule has 320 valence electrons. The quantitative estimate of drug-likeness (QED) is 0.115. The number of amides is 3. The summed E-state index contributed by atoms with van der Waals surface area (Å²) in [5.74, 6) is 1.49. The molecule has 0 aliphatic heterocycles. The van der Waals surface area contributed by atoms with Crippen LogP contribution in [0.4, 0.5) is 4.79 Å². The Hall–Kier alpha value is -4.15. The van der Waals surface area contributed by atoms with Gasteiger partial charge in [-0.25, -0.2) is 24.7 Å². The van der Waals surface area contributed by atoms with Gasteiger partial charge in [0.1, 0.15) is 40.1 Å². The number of carbonyl (C=O) groups excluding carboxylic acids is 3. The van der Waals surface area contributed by atoms with Crippen LogP contribution in [0.2, 0.25) is 0 Å². The van der Waals surface area contributed by atoms with Gasteiger partial charge < -0.3 is 36.7 Å². The zero-order valence-electron chi connectivity index (χ0n) is 34.6. The topological polar surface area (TPSA) is 221 Å². The zero-order valence-corrected chi connectivity index (χ0v) is 36.3. The molecule has 4 aliphatic carbocycles. The van der Waals surface area contributed by atoms with Crippen molar-refractivity contribution < 1.29 is 28.6 Å². The highest BCUT2D eigenvalue weighted by molar-refractivity contribution is 7.19. The van der Waals surface area contributed by atoms with E-state index in [1.807, 2.05) is 20.8 Å². The average Bonchev–Trinajstić information content (AvgIpc) is 3.78. The van der Waals surface area contributed by atoms with Crippen molar-refractivity contribution in [3.8, 4) is 11.8 Å². The number of thiophene rings is 2. The van der Waals surface area contributed by atoms with Crippen LogP contribution >= 0.6 is 22.7 Å². The number of hydrogen-bond acceptors (Lipinski definition) is 13. The molecule has 59 heavy (non-hydrogen) atoms. The summed E-state index contributed by atoms with van der Waals surface area (Å²) in [4.78, 5) is 57.4.